The molecule has 6 heteroatoms. The van der Waals surface area contributed by atoms with E-state index in [1.54, 1.807) is 14.2 Å². The molecule has 0 aliphatic carbocycles. The molecule has 22 heavy (non-hydrogen) atoms. The van der Waals surface area contributed by atoms with Crippen LogP contribution in [0.2, 0.25) is 0 Å². The van der Waals surface area contributed by atoms with Crippen molar-refractivity contribution < 1.29 is 19.1 Å². The highest BCUT2D eigenvalue weighted by molar-refractivity contribution is 6.00. The minimum atomic E-state index is -0.223. The van der Waals surface area contributed by atoms with E-state index in [1.165, 1.54) is 5.56 Å². The van der Waals surface area contributed by atoms with Gasteiger partial charge in [0.15, 0.2) is 11.5 Å². The van der Waals surface area contributed by atoms with E-state index in [2.05, 4.69) is 10.2 Å². The molecule has 1 fully saturated rings. The molecular formula is C16H20N2O4. The summed E-state index contributed by atoms with van der Waals surface area (Å²) in [6.45, 7) is 1.48. The number of carbonyl (C=O) groups is 2. The summed E-state index contributed by atoms with van der Waals surface area (Å²) in [7, 11) is 3.24. The van der Waals surface area contributed by atoms with E-state index in [-0.39, 0.29) is 17.9 Å². The van der Waals surface area contributed by atoms with Crippen molar-refractivity contribution in [3.8, 4) is 11.5 Å². The molecule has 3 rings (SSSR count). The van der Waals surface area contributed by atoms with Gasteiger partial charge in [-0.15, -0.1) is 0 Å². The second-order valence-corrected chi connectivity index (χ2v) is 5.66. The van der Waals surface area contributed by atoms with Gasteiger partial charge in [0.2, 0.25) is 11.8 Å². The number of carbonyl (C=O) groups excluding carboxylic acids is 2. The molecule has 0 unspecified atom stereocenters. The second-order valence-electron chi connectivity index (χ2n) is 5.66. The topological polar surface area (TPSA) is 67.9 Å². The van der Waals surface area contributed by atoms with Crippen LogP contribution in [0.4, 0.5) is 0 Å². The molecule has 1 N–H and O–H groups in total. The van der Waals surface area contributed by atoms with Crippen molar-refractivity contribution in [1.29, 1.82) is 0 Å². The second kappa shape index (κ2) is 5.96. The number of ether oxygens (including phenoxy) is 2. The molecule has 2 aliphatic heterocycles. The first kappa shape index (κ1) is 14.8. The number of hydrogen-bond donors (Lipinski definition) is 1. The molecule has 118 valence electrons. The third-order valence-corrected chi connectivity index (χ3v) is 4.40. The van der Waals surface area contributed by atoms with Crippen LogP contribution in [0, 0.1) is 0 Å². The maximum atomic E-state index is 12.0. The van der Waals surface area contributed by atoms with Crippen molar-refractivity contribution >= 4 is 11.8 Å². The van der Waals surface area contributed by atoms with Crippen molar-refractivity contribution in [2.24, 2.45) is 0 Å². The molecule has 2 aliphatic rings. The Balaban J connectivity index is 1.81. The predicted octanol–water partition coefficient (Wildman–Crippen LogP) is 0.867. The number of fused-ring (bicyclic) bond motifs is 1. The van der Waals surface area contributed by atoms with Crippen molar-refractivity contribution in [2.75, 3.05) is 20.8 Å². The molecule has 0 spiro atoms. The lowest BCUT2D eigenvalue weighted by Crippen LogP contribution is -2.53. The molecule has 2 amide bonds. The summed E-state index contributed by atoms with van der Waals surface area (Å²) in [5.41, 5.74) is 2.37. The summed E-state index contributed by atoms with van der Waals surface area (Å²) in [6, 6.07) is 3.77. The van der Waals surface area contributed by atoms with E-state index in [0.717, 1.165) is 24.3 Å². The summed E-state index contributed by atoms with van der Waals surface area (Å²) >= 11 is 0. The monoisotopic (exact) mass is 304 g/mol. The zero-order chi connectivity index (χ0) is 15.7. The molecule has 1 saturated heterocycles. The van der Waals surface area contributed by atoms with Crippen molar-refractivity contribution in [3.63, 3.8) is 0 Å². The van der Waals surface area contributed by atoms with Gasteiger partial charge in [0.05, 0.1) is 20.3 Å². The average Bonchev–Trinajstić information content (AvgIpc) is 2.53. The van der Waals surface area contributed by atoms with E-state index in [9.17, 15) is 9.59 Å². The number of hydrogen-bond acceptors (Lipinski definition) is 5. The first-order chi connectivity index (χ1) is 10.6. The van der Waals surface area contributed by atoms with Crippen molar-refractivity contribution in [3.05, 3.63) is 23.3 Å². The smallest absolute Gasteiger partial charge is 0.243 e. The number of methoxy groups -OCH3 is 2. The number of nitrogens with one attached hydrogen (secondary N) is 1. The third kappa shape index (κ3) is 2.66. The lowest BCUT2D eigenvalue weighted by Gasteiger charge is -2.36. The normalized spacial score (nSPS) is 22.0. The van der Waals surface area contributed by atoms with Crippen molar-refractivity contribution in [2.45, 2.75) is 31.8 Å². The Morgan fingerprint density at radius 1 is 1.09 bits per heavy atom. The van der Waals surface area contributed by atoms with Gasteiger partial charge in [-0.05, 0) is 36.1 Å². The summed E-state index contributed by atoms with van der Waals surface area (Å²) in [5.74, 6) is 1.08. The molecule has 1 aromatic carbocycles. The van der Waals surface area contributed by atoms with Crippen LogP contribution < -0.4 is 14.8 Å². The van der Waals surface area contributed by atoms with Gasteiger partial charge in [-0.1, -0.05) is 0 Å². The van der Waals surface area contributed by atoms with Crippen LogP contribution in [0.5, 0.6) is 11.5 Å². The highest BCUT2D eigenvalue weighted by Crippen LogP contribution is 2.34. The van der Waals surface area contributed by atoms with E-state index >= 15 is 0 Å². The molecule has 0 aromatic heterocycles. The minimum Gasteiger partial charge on any atom is -0.493 e. The lowest BCUT2D eigenvalue weighted by molar-refractivity contribution is -0.137. The van der Waals surface area contributed by atoms with E-state index < -0.39 is 0 Å². The minimum absolute atomic E-state index is 0.176. The van der Waals surface area contributed by atoms with Crippen LogP contribution in [0.3, 0.4) is 0 Å². The summed E-state index contributed by atoms with van der Waals surface area (Å²) in [6.07, 6.45) is 1.85. The molecule has 0 saturated carbocycles. The zero-order valence-corrected chi connectivity index (χ0v) is 12.8. The maximum Gasteiger partial charge on any atom is 0.243 e. The van der Waals surface area contributed by atoms with Crippen LogP contribution in [-0.4, -0.2) is 43.5 Å². The zero-order valence-electron chi connectivity index (χ0n) is 12.8. The number of benzene rings is 1. The molecule has 0 radical (unpaired) electrons. The van der Waals surface area contributed by atoms with Gasteiger partial charge >= 0.3 is 0 Å². The van der Waals surface area contributed by atoms with E-state index in [1.807, 2.05) is 12.1 Å². The van der Waals surface area contributed by atoms with Gasteiger partial charge in [0, 0.05) is 19.5 Å². The standard InChI is InChI=1S/C16H20N2O4/c1-21-13-7-10-5-6-18(9-11(10)8-14(13)22-2)12-3-4-15(19)17-16(12)20/h7-8,12H,3-6,9H2,1-2H3,(H,17,19,20)/t12-/m1/s1. The SMILES string of the molecule is COc1cc2c(cc1OC)CN([C@@H]1CCC(=O)NC1=O)CC2. The highest BCUT2D eigenvalue weighted by Gasteiger charge is 2.33. The summed E-state index contributed by atoms with van der Waals surface area (Å²) in [4.78, 5) is 25.4. The Labute approximate surface area is 129 Å². The van der Waals surface area contributed by atoms with Gasteiger partial charge in [0.1, 0.15) is 0 Å². The molecule has 0 bridgehead atoms. The highest BCUT2D eigenvalue weighted by atomic mass is 16.5. The van der Waals surface area contributed by atoms with E-state index in [4.69, 9.17) is 9.47 Å². The quantitative estimate of drug-likeness (QED) is 0.839. The number of piperidine rings is 1. The van der Waals surface area contributed by atoms with Crippen LogP contribution >= 0.6 is 0 Å². The van der Waals surface area contributed by atoms with Gasteiger partial charge in [-0.3, -0.25) is 19.8 Å². The van der Waals surface area contributed by atoms with E-state index in [0.29, 0.717) is 25.1 Å². The number of imide groups is 1. The summed E-state index contributed by atoms with van der Waals surface area (Å²) in [5, 5.41) is 2.43. The Morgan fingerprint density at radius 3 is 2.41 bits per heavy atom. The largest absolute Gasteiger partial charge is 0.493 e. The average molecular weight is 304 g/mol. The van der Waals surface area contributed by atoms with Gasteiger partial charge in [-0.2, -0.15) is 0 Å². The first-order valence-electron chi connectivity index (χ1n) is 7.44. The van der Waals surface area contributed by atoms with Crippen LogP contribution in [-0.2, 0) is 22.6 Å². The number of nitrogens with zero attached hydrogens (tertiary/aromatic N) is 1. The first-order valence-corrected chi connectivity index (χ1v) is 7.44. The Kier molecular flexibility index (Phi) is 4.02. The Bertz CT molecular complexity index is 614. The van der Waals surface area contributed by atoms with Gasteiger partial charge < -0.3 is 9.47 Å². The van der Waals surface area contributed by atoms with Crippen LogP contribution in [0.1, 0.15) is 24.0 Å². The molecule has 2 heterocycles. The number of rotatable bonds is 3. The fourth-order valence-corrected chi connectivity index (χ4v) is 3.20. The van der Waals surface area contributed by atoms with Crippen molar-refractivity contribution in [1.82, 2.24) is 10.2 Å². The lowest BCUT2D eigenvalue weighted by atomic mass is 9.95. The van der Waals surface area contributed by atoms with Gasteiger partial charge in [0.25, 0.3) is 0 Å². The molecule has 1 atom stereocenters. The van der Waals surface area contributed by atoms with Crippen LogP contribution in [0.25, 0.3) is 0 Å². The Morgan fingerprint density at radius 2 is 1.77 bits per heavy atom. The molecular weight excluding hydrogens is 284 g/mol. The maximum absolute atomic E-state index is 12.0. The Hall–Kier alpha value is -2.08. The van der Waals surface area contributed by atoms with Gasteiger partial charge in [-0.25, -0.2) is 0 Å². The summed E-state index contributed by atoms with van der Waals surface area (Å²) < 4.78 is 10.7. The predicted molar refractivity (Wildman–Crippen MR) is 79.8 cm³/mol. The fraction of sp³-hybridized carbons (Fsp3) is 0.500. The number of amides is 2. The fourth-order valence-electron chi connectivity index (χ4n) is 3.20. The third-order valence-electron chi connectivity index (χ3n) is 4.40. The molecule has 1 aromatic rings. The molecule has 6 nitrogen and oxygen atoms in total. The van der Waals surface area contributed by atoms with Crippen LogP contribution in [0.15, 0.2) is 12.1 Å².